The van der Waals surface area contributed by atoms with Gasteiger partial charge in [0.15, 0.2) is 0 Å². The van der Waals surface area contributed by atoms with Crippen LogP contribution in [-0.4, -0.2) is 15.5 Å². The number of thiol groups is 1. The van der Waals surface area contributed by atoms with Crippen molar-refractivity contribution in [3.63, 3.8) is 0 Å². The summed E-state index contributed by atoms with van der Waals surface area (Å²) in [6, 6.07) is 0. The van der Waals surface area contributed by atoms with Crippen molar-refractivity contribution >= 4 is 24.2 Å². The third-order valence-electron chi connectivity index (χ3n) is 3.13. The van der Waals surface area contributed by atoms with Crippen LogP contribution < -0.4 is 0 Å². The van der Waals surface area contributed by atoms with Crippen LogP contribution in [0.5, 0.6) is 0 Å². The van der Waals surface area contributed by atoms with Gasteiger partial charge in [0.05, 0.1) is 10.7 Å². The Hall–Kier alpha value is -0.150. The van der Waals surface area contributed by atoms with Crippen molar-refractivity contribution in [1.82, 2.24) is 9.78 Å². The third kappa shape index (κ3) is 1.80. The predicted molar refractivity (Wildman–Crippen MR) is 62.1 cm³/mol. The standard InChI is InChI=1S/C10H15ClN2S/c1-8-9(11)5-13(12-8)6-10(7-14)3-2-4-10/h5,14H,2-4,6-7H2,1H3. The average molecular weight is 231 g/mol. The normalized spacial score (nSPS) is 19.4. The quantitative estimate of drug-likeness (QED) is 0.791. The van der Waals surface area contributed by atoms with Gasteiger partial charge in [-0.25, -0.2) is 0 Å². The zero-order chi connectivity index (χ0) is 10.2. The summed E-state index contributed by atoms with van der Waals surface area (Å²) in [5, 5.41) is 5.14. The zero-order valence-corrected chi connectivity index (χ0v) is 9.98. The number of nitrogens with zero attached hydrogens (tertiary/aromatic N) is 2. The molecule has 1 aromatic heterocycles. The zero-order valence-electron chi connectivity index (χ0n) is 8.33. The molecule has 1 heterocycles. The summed E-state index contributed by atoms with van der Waals surface area (Å²) < 4.78 is 1.97. The van der Waals surface area contributed by atoms with E-state index in [1.54, 1.807) is 0 Å². The summed E-state index contributed by atoms with van der Waals surface area (Å²) in [6.07, 6.45) is 5.79. The minimum absolute atomic E-state index is 0.380. The van der Waals surface area contributed by atoms with Crippen molar-refractivity contribution in [2.45, 2.75) is 32.7 Å². The first-order valence-electron chi connectivity index (χ1n) is 4.96. The summed E-state index contributed by atoms with van der Waals surface area (Å²) in [4.78, 5) is 0. The number of aryl methyl sites for hydroxylation is 1. The van der Waals surface area contributed by atoms with Gasteiger partial charge in [-0.3, -0.25) is 4.68 Å². The first-order valence-corrected chi connectivity index (χ1v) is 5.97. The van der Waals surface area contributed by atoms with Crippen LogP contribution >= 0.6 is 24.2 Å². The molecule has 14 heavy (non-hydrogen) atoms. The van der Waals surface area contributed by atoms with Crippen LogP contribution in [0.3, 0.4) is 0 Å². The number of hydrogen-bond donors (Lipinski definition) is 1. The molecule has 2 nitrogen and oxygen atoms in total. The maximum atomic E-state index is 5.96. The molecule has 1 aliphatic carbocycles. The van der Waals surface area contributed by atoms with Crippen LogP contribution in [0.4, 0.5) is 0 Å². The predicted octanol–water partition coefficient (Wildman–Crippen LogP) is 2.95. The molecule has 0 saturated heterocycles. The Morgan fingerprint density at radius 3 is 2.71 bits per heavy atom. The fourth-order valence-electron chi connectivity index (χ4n) is 1.96. The highest BCUT2D eigenvalue weighted by Crippen LogP contribution is 2.43. The Morgan fingerprint density at radius 1 is 1.64 bits per heavy atom. The Morgan fingerprint density at radius 2 is 2.36 bits per heavy atom. The van der Waals surface area contributed by atoms with Gasteiger partial charge in [-0.1, -0.05) is 18.0 Å². The molecule has 1 fully saturated rings. The van der Waals surface area contributed by atoms with E-state index in [0.29, 0.717) is 5.41 Å². The monoisotopic (exact) mass is 230 g/mol. The summed E-state index contributed by atoms with van der Waals surface area (Å²) in [6.45, 7) is 2.90. The van der Waals surface area contributed by atoms with Crippen LogP contribution in [-0.2, 0) is 6.54 Å². The van der Waals surface area contributed by atoms with Crippen molar-refractivity contribution in [3.05, 3.63) is 16.9 Å². The highest BCUT2D eigenvalue weighted by molar-refractivity contribution is 7.80. The van der Waals surface area contributed by atoms with E-state index in [-0.39, 0.29) is 0 Å². The summed E-state index contributed by atoms with van der Waals surface area (Å²) in [7, 11) is 0. The lowest BCUT2D eigenvalue weighted by Gasteiger charge is -2.40. The SMILES string of the molecule is Cc1nn(CC2(CS)CCC2)cc1Cl. The molecule has 0 aliphatic heterocycles. The molecule has 2 rings (SSSR count). The molecule has 0 radical (unpaired) electrons. The lowest BCUT2D eigenvalue weighted by molar-refractivity contribution is 0.132. The van der Waals surface area contributed by atoms with Crippen molar-refractivity contribution < 1.29 is 0 Å². The minimum atomic E-state index is 0.380. The molecular formula is C10H15ClN2S. The molecule has 4 heteroatoms. The maximum Gasteiger partial charge on any atom is 0.0814 e. The van der Waals surface area contributed by atoms with Crippen molar-refractivity contribution in [2.24, 2.45) is 5.41 Å². The molecule has 0 atom stereocenters. The van der Waals surface area contributed by atoms with Crippen LogP contribution in [0, 0.1) is 12.3 Å². The molecule has 0 bridgehead atoms. The Balaban J connectivity index is 2.09. The lowest BCUT2D eigenvalue weighted by atomic mass is 9.70. The van der Waals surface area contributed by atoms with Crippen LogP contribution in [0.15, 0.2) is 6.20 Å². The van der Waals surface area contributed by atoms with E-state index in [4.69, 9.17) is 11.6 Å². The maximum absolute atomic E-state index is 5.96. The first-order chi connectivity index (χ1) is 6.65. The van der Waals surface area contributed by atoms with Gasteiger partial charge < -0.3 is 0 Å². The molecular weight excluding hydrogens is 216 g/mol. The van der Waals surface area contributed by atoms with Gasteiger partial charge in [-0.2, -0.15) is 17.7 Å². The average Bonchev–Trinajstić information content (AvgIpc) is 2.39. The fraction of sp³-hybridized carbons (Fsp3) is 0.700. The van der Waals surface area contributed by atoms with Gasteiger partial charge in [0, 0.05) is 12.7 Å². The first kappa shape index (κ1) is 10.4. The van der Waals surface area contributed by atoms with Gasteiger partial charge >= 0.3 is 0 Å². The second-order valence-electron chi connectivity index (χ2n) is 4.27. The van der Waals surface area contributed by atoms with Gasteiger partial charge in [-0.15, -0.1) is 0 Å². The molecule has 0 N–H and O–H groups in total. The number of aromatic nitrogens is 2. The van der Waals surface area contributed by atoms with E-state index in [1.165, 1.54) is 19.3 Å². The Kier molecular flexibility index (Phi) is 2.80. The van der Waals surface area contributed by atoms with Crippen LogP contribution in [0.1, 0.15) is 25.0 Å². The molecule has 0 spiro atoms. The number of halogens is 1. The fourth-order valence-corrected chi connectivity index (χ4v) is 2.53. The summed E-state index contributed by atoms with van der Waals surface area (Å²) >= 11 is 10.4. The van der Waals surface area contributed by atoms with Gasteiger partial charge in [-0.05, 0) is 30.9 Å². The second-order valence-corrected chi connectivity index (χ2v) is 5.00. The van der Waals surface area contributed by atoms with Crippen LogP contribution in [0.2, 0.25) is 5.02 Å². The molecule has 0 unspecified atom stereocenters. The van der Waals surface area contributed by atoms with Gasteiger partial charge in [0.25, 0.3) is 0 Å². The van der Waals surface area contributed by atoms with E-state index in [9.17, 15) is 0 Å². The van der Waals surface area contributed by atoms with E-state index in [1.807, 2.05) is 17.8 Å². The molecule has 1 aromatic rings. The summed E-state index contributed by atoms with van der Waals surface area (Å²) in [5.41, 5.74) is 1.30. The Labute approximate surface area is 95.0 Å². The number of rotatable bonds is 3. The molecule has 1 saturated carbocycles. The second kappa shape index (κ2) is 3.78. The van der Waals surface area contributed by atoms with E-state index in [2.05, 4.69) is 17.7 Å². The van der Waals surface area contributed by atoms with Crippen molar-refractivity contribution in [2.75, 3.05) is 5.75 Å². The van der Waals surface area contributed by atoms with E-state index >= 15 is 0 Å². The van der Waals surface area contributed by atoms with E-state index in [0.717, 1.165) is 23.0 Å². The molecule has 1 aliphatic rings. The van der Waals surface area contributed by atoms with Crippen LogP contribution in [0.25, 0.3) is 0 Å². The highest BCUT2D eigenvalue weighted by atomic mass is 35.5. The lowest BCUT2D eigenvalue weighted by Crippen LogP contribution is -2.36. The van der Waals surface area contributed by atoms with Gasteiger partial charge in [0.1, 0.15) is 0 Å². The third-order valence-corrected chi connectivity index (χ3v) is 4.18. The highest BCUT2D eigenvalue weighted by Gasteiger charge is 2.36. The molecule has 0 amide bonds. The van der Waals surface area contributed by atoms with Gasteiger partial charge in [0.2, 0.25) is 0 Å². The molecule has 78 valence electrons. The molecule has 0 aromatic carbocycles. The largest absolute Gasteiger partial charge is 0.270 e. The topological polar surface area (TPSA) is 17.8 Å². The Bertz CT molecular complexity index is 306. The van der Waals surface area contributed by atoms with Crippen molar-refractivity contribution in [1.29, 1.82) is 0 Å². The smallest absolute Gasteiger partial charge is 0.0814 e. The van der Waals surface area contributed by atoms with Crippen molar-refractivity contribution in [3.8, 4) is 0 Å². The number of hydrogen-bond acceptors (Lipinski definition) is 2. The summed E-state index contributed by atoms with van der Waals surface area (Å²) in [5.74, 6) is 0.948. The minimum Gasteiger partial charge on any atom is -0.270 e. The van der Waals surface area contributed by atoms with E-state index < -0.39 is 0 Å².